The number of rotatable bonds is 3. The normalized spacial score (nSPS) is 11.4. The highest BCUT2D eigenvalue weighted by Crippen LogP contribution is 2.62. The first kappa shape index (κ1) is 22.5. The van der Waals surface area contributed by atoms with E-state index < -0.39 is 51.7 Å². The monoisotopic (exact) mass is 513 g/mol. The summed E-state index contributed by atoms with van der Waals surface area (Å²) >= 11 is 10.9. The predicted octanol–water partition coefficient (Wildman–Crippen LogP) is 2.80. The summed E-state index contributed by atoms with van der Waals surface area (Å²) in [5, 5.41) is 62.2. The topological polar surface area (TPSA) is 227 Å². The molecule has 4 aromatic carbocycles. The Morgan fingerprint density at radius 3 is 0.788 bits per heavy atom. The van der Waals surface area contributed by atoms with Crippen LogP contribution in [0.4, 0.5) is 17.1 Å². The van der Waals surface area contributed by atoms with Gasteiger partial charge in [0.25, 0.3) is 0 Å². The molecule has 4 rings (SSSR count). The minimum atomic E-state index is -0.858. The van der Waals surface area contributed by atoms with E-state index in [1.54, 1.807) is 0 Å². The Kier molecular flexibility index (Phi) is 5.07. The molecule has 0 radical (unpaired) electrons. The highest BCUT2D eigenvalue weighted by atomic mass is 32.1. The summed E-state index contributed by atoms with van der Waals surface area (Å²) in [5.41, 5.74) is 17.4. The maximum atomic E-state index is 10.8. The van der Waals surface area contributed by atoms with E-state index in [1.807, 2.05) is 0 Å². The lowest BCUT2D eigenvalue weighted by Crippen LogP contribution is -2.01. The maximum Gasteiger partial charge on any atom is 0.205 e. The van der Waals surface area contributed by atoms with Crippen molar-refractivity contribution in [3.05, 3.63) is 0 Å². The molecule has 12 N–H and O–H groups in total. The van der Waals surface area contributed by atoms with Crippen LogP contribution in [0.2, 0.25) is 0 Å². The Hall–Kier alpha value is -3.69. The fourth-order valence-electron chi connectivity index (χ4n) is 3.95. The van der Waals surface area contributed by atoms with Crippen molar-refractivity contribution in [1.82, 2.24) is 0 Å². The van der Waals surface area contributed by atoms with Crippen molar-refractivity contribution in [2.75, 3.05) is 17.2 Å². The van der Waals surface area contributed by atoms with Crippen LogP contribution in [0.25, 0.3) is 32.3 Å². The largest absolute Gasteiger partial charge is 0.504 e. The average Bonchev–Trinajstić information content (AvgIpc) is 2.79. The van der Waals surface area contributed by atoms with E-state index in [0.29, 0.717) is 0 Å². The van der Waals surface area contributed by atoms with Gasteiger partial charge >= 0.3 is 0 Å². The van der Waals surface area contributed by atoms with E-state index in [9.17, 15) is 30.6 Å². The van der Waals surface area contributed by atoms with Gasteiger partial charge in [-0.15, -0.1) is 0 Å². The summed E-state index contributed by atoms with van der Waals surface area (Å²) in [6.07, 6.45) is 0. The van der Waals surface area contributed by atoms with Gasteiger partial charge in [0.05, 0.1) is 17.1 Å². The van der Waals surface area contributed by atoms with E-state index in [-0.39, 0.29) is 49.4 Å². The number of thiol groups is 3. The molecule has 0 unspecified atom stereocenters. The molecule has 0 aliphatic rings. The van der Waals surface area contributed by atoms with Crippen molar-refractivity contribution < 1.29 is 43.2 Å². The van der Waals surface area contributed by atoms with Gasteiger partial charge in [-0.3, -0.25) is 0 Å². The minimum absolute atomic E-state index is 0.219. The molecule has 0 atom stereocenters. The molecule has 0 saturated heterocycles. The molecular weight excluding hydrogens is 498 g/mol. The first-order valence-electron chi connectivity index (χ1n) is 8.62. The minimum Gasteiger partial charge on any atom is -0.504 e. The smallest absolute Gasteiger partial charge is 0.205 e. The molecule has 0 amide bonds. The molecule has 174 valence electrons. The Labute approximate surface area is 200 Å². The van der Waals surface area contributed by atoms with Crippen LogP contribution in [-0.2, 0) is 0 Å². The molecule has 12 nitrogen and oxygen atoms in total. The van der Waals surface area contributed by atoms with Crippen molar-refractivity contribution in [2.24, 2.45) is 0 Å². The molecule has 4 aromatic rings. The highest BCUT2D eigenvalue weighted by molar-refractivity contribution is 7.75. The zero-order valence-corrected chi connectivity index (χ0v) is 18.7. The van der Waals surface area contributed by atoms with Gasteiger partial charge in [0, 0.05) is 71.0 Å². The van der Waals surface area contributed by atoms with Crippen LogP contribution in [0.1, 0.15) is 0 Å². The zero-order chi connectivity index (χ0) is 24.5. The quantitative estimate of drug-likeness (QED) is 0.0474. The second-order valence-corrected chi connectivity index (χ2v) is 7.39. The number of nitrogen functional groups attached to an aromatic ring is 3. The van der Waals surface area contributed by atoms with Crippen LogP contribution in [0.15, 0.2) is 0 Å². The number of hydrogen-bond donors (Lipinski definition) is 12. The third-order valence-electron chi connectivity index (χ3n) is 5.34. The standard InChI is InChI=1S/C18H15N3O9S3/c19-7-1-4(10(22)13(25)16(7)28-31)2-6(12(24)15(27)18(30-33)9(2)21)3-5(1)11(23)14(26)17(29-32)8(3)20/h22-27,31-33H,19-21H2. The number of anilines is 3. The number of fused-ring (bicyclic) bond motifs is 6. The van der Waals surface area contributed by atoms with Crippen LogP contribution in [-0.4, -0.2) is 30.6 Å². The molecule has 0 saturated carbocycles. The van der Waals surface area contributed by atoms with Crippen molar-refractivity contribution in [1.29, 1.82) is 0 Å². The zero-order valence-electron chi connectivity index (χ0n) is 16.0. The Balaban J connectivity index is 2.62. The summed E-state index contributed by atoms with van der Waals surface area (Å²) in [6, 6.07) is 0. The molecule has 0 fully saturated rings. The van der Waals surface area contributed by atoms with E-state index in [0.717, 1.165) is 0 Å². The van der Waals surface area contributed by atoms with Gasteiger partial charge in [-0.1, -0.05) is 0 Å². The molecule has 0 aliphatic carbocycles. The summed E-state index contributed by atoms with van der Waals surface area (Å²) in [7, 11) is 0. The van der Waals surface area contributed by atoms with Gasteiger partial charge in [-0.2, -0.15) is 0 Å². The number of nitrogens with two attached hydrogens (primary N) is 3. The number of phenols is 6. The Bertz CT molecular complexity index is 1320. The second-order valence-electron chi connectivity index (χ2n) is 6.84. The molecule has 33 heavy (non-hydrogen) atoms. The lowest BCUT2D eigenvalue weighted by atomic mass is 9.88. The highest BCUT2D eigenvalue weighted by Gasteiger charge is 2.32. The van der Waals surface area contributed by atoms with E-state index >= 15 is 0 Å². The van der Waals surface area contributed by atoms with Crippen LogP contribution in [0.3, 0.4) is 0 Å². The SMILES string of the molecule is Nc1c(OS)c(O)c(O)c2c1c1c(O)c(O)c(OS)c(N)c1c1c(O)c(O)c(OS)c(N)c21. The van der Waals surface area contributed by atoms with Crippen LogP contribution in [0.5, 0.6) is 51.7 Å². The molecule has 15 heteroatoms. The number of aromatic hydroxyl groups is 6. The molecule has 0 bridgehead atoms. The third kappa shape index (κ3) is 2.63. The fourth-order valence-corrected chi connectivity index (χ4v) is 4.50. The van der Waals surface area contributed by atoms with Gasteiger partial charge < -0.3 is 60.4 Å². The lowest BCUT2D eigenvalue weighted by Gasteiger charge is -2.22. The summed E-state index contributed by atoms with van der Waals surface area (Å²) in [5.74, 6) is -6.64. The van der Waals surface area contributed by atoms with E-state index in [2.05, 4.69) is 38.7 Å². The number of phenolic OH excluding ortho intramolecular Hbond substituents is 6. The molecule has 0 spiro atoms. The first-order chi connectivity index (χ1) is 15.5. The van der Waals surface area contributed by atoms with Crippen LogP contribution in [0, 0.1) is 0 Å². The van der Waals surface area contributed by atoms with Crippen molar-refractivity contribution in [2.45, 2.75) is 0 Å². The van der Waals surface area contributed by atoms with E-state index in [4.69, 9.17) is 29.8 Å². The van der Waals surface area contributed by atoms with Crippen molar-refractivity contribution in [3.63, 3.8) is 0 Å². The van der Waals surface area contributed by atoms with Crippen molar-refractivity contribution in [3.8, 4) is 51.7 Å². The van der Waals surface area contributed by atoms with Gasteiger partial charge in [0.15, 0.2) is 17.2 Å². The predicted molar refractivity (Wildman–Crippen MR) is 131 cm³/mol. The van der Waals surface area contributed by atoms with Crippen LogP contribution < -0.4 is 29.8 Å². The molecule has 0 aliphatic heterocycles. The van der Waals surface area contributed by atoms with Gasteiger partial charge in [0.2, 0.25) is 34.5 Å². The fraction of sp³-hybridized carbons (Fsp3) is 0. The van der Waals surface area contributed by atoms with Gasteiger partial charge in [0.1, 0.15) is 0 Å². The number of hydrogen-bond acceptors (Lipinski definition) is 15. The van der Waals surface area contributed by atoms with E-state index in [1.165, 1.54) is 0 Å². The third-order valence-corrected chi connectivity index (χ3v) is 5.89. The Morgan fingerprint density at radius 1 is 0.394 bits per heavy atom. The number of benzene rings is 4. The molecule has 0 heterocycles. The summed E-state index contributed by atoms with van der Waals surface area (Å²) in [6.45, 7) is 0. The first-order valence-corrected chi connectivity index (χ1v) is 9.71. The molecular formula is C18H15N3O9S3. The van der Waals surface area contributed by atoms with Gasteiger partial charge in [-0.25, -0.2) is 0 Å². The molecule has 0 aromatic heterocycles. The van der Waals surface area contributed by atoms with Crippen LogP contribution >= 0.6 is 38.7 Å². The lowest BCUT2D eigenvalue weighted by molar-refractivity contribution is 0.394. The maximum absolute atomic E-state index is 10.8. The summed E-state index contributed by atoms with van der Waals surface area (Å²) in [4.78, 5) is 0. The Morgan fingerprint density at radius 2 is 0.606 bits per heavy atom. The van der Waals surface area contributed by atoms with Gasteiger partial charge in [-0.05, 0) is 0 Å². The second kappa shape index (κ2) is 7.43. The average molecular weight is 514 g/mol. The summed E-state index contributed by atoms with van der Waals surface area (Å²) < 4.78 is 14.3. The van der Waals surface area contributed by atoms with Crippen molar-refractivity contribution >= 4 is 88.1 Å².